The molecule has 1 aromatic rings. The number of alkyl halides is 3. The van der Waals surface area contributed by atoms with E-state index >= 15 is 0 Å². The lowest BCUT2D eigenvalue weighted by molar-refractivity contribution is -0.140. The summed E-state index contributed by atoms with van der Waals surface area (Å²) in [4.78, 5) is 25.7. The van der Waals surface area contributed by atoms with Crippen LogP contribution in [-0.2, 0) is 15.7 Å². The van der Waals surface area contributed by atoms with Gasteiger partial charge in [0.15, 0.2) is 0 Å². The number of carbonyl (C=O) groups is 2. The highest BCUT2D eigenvalue weighted by atomic mass is 19.4. The van der Waals surface area contributed by atoms with Gasteiger partial charge in [-0.1, -0.05) is 0 Å². The number of anilines is 1. The van der Waals surface area contributed by atoms with Gasteiger partial charge in [0.05, 0.1) is 18.2 Å². The van der Waals surface area contributed by atoms with E-state index in [2.05, 4.69) is 5.32 Å². The Labute approximate surface area is 153 Å². The SMILES string of the molecule is CC(C)(C)OC(=O)N1CC(O)CC1C(=O)Nc1ccc(C(F)(F)F)c(F)c1. The molecule has 1 aliphatic rings. The zero-order valence-corrected chi connectivity index (χ0v) is 14.9. The maximum absolute atomic E-state index is 13.6. The second kappa shape index (κ2) is 7.34. The second-order valence-electron chi connectivity index (χ2n) is 7.22. The van der Waals surface area contributed by atoms with E-state index in [9.17, 15) is 32.3 Å². The molecule has 1 aliphatic heterocycles. The number of hydrogen-bond acceptors (Lipinski definition) is 4. The summed E-state index contributed by atoms with van der Waals surface area (Å²) in [5, 5.41) is 12.1. The van der Waals surface area contributed by atoms with E-state index < -0.39 is 47.3 Å². The number of nitrogens with one attached hydrogen (secondary N) is 1. The maximum Gasteiger partial charge on any atom is 0.419 e. The molecule has 0 aliphatic carbocycles. The molecule has 6 nitrogen and oxygen atoms in total. The number of rotatable bonds is 2. The normalized spacial score (nSPS) is 20.5. The number of aliphatic hydroxyl groups excluding tert-OH is 1. The van der Waals surface area contributed by atoms with Crippen LogP contribution in [0.4, 0.5) is 28.0 Å². The molecule has 2 atom stereocenters. The predicted octanol–water partition coefficient (Wildman–Crippen LogP) is 3.15. The van der Waals surface area contributed by atoms with Crippen LogP contribution in [0.3, 0.4) is 0 Å². The monoisotopic (exact) mass is 392 g/mol. The van der Waals surface area contributed by atoms with Crippen molar-refractivity contribution in [2.75, 3.05) is 11.9 Å². The average molecular weight is 392 g/mol. The molecule has 2 N–H and O–H groups in total. The van der Waals surface area contributed by atoms with Crippen molar-refractivity contribution in [1.82, 2.24) is 4.90 Å². The van der Waals surface area contributed by atoms with Crippen LogP contribution in [0, 0.1) is 5.82 Å². The van der Waals surface area contributed by atoms with Crippen molar-refractivity contribution < 1.29 is 37.0 Å². The third-order valence-electron chi connectivity index (χ3n) is 3.75. The van der Waals surface area contributed by atoms with Gasteiger partial charge in [-0.25, -0.2) is 9.18 Å². The second-order valence-corrected chi connectivity index (χ2v) is 7.22. The molecule has 1 fully saturated rings. The molecule has 0 saturated carbocycles. The Morgan fingerprint density at radius 2 is 1.89 bits per heavy atom. The number of likely N-dealkylation sites (tertiary alicyclic amines) is 1. The summed E-state index contributed by atoms with van der Waals surface area (Å²) in [6, 6.07) is 0.872. The Morgan fingerprint density at radius 3 is 2.41 bits per heavy atom. The first-order chi connectivity index (χ1) is 12.3. The number of amides is 2. The molecule has 2 amide bonds. The van der Waals surface area contributed by atoms with E-state index in [0.717, 1.165) is 11.0 Å². The van der Waals surface area contributed by atoms with Crippen LogP contribution >= 0.6 is 0 Å². The molecule has 2 unspecified atom stereocenters. The lowest BCUT2D eigenvalue weighted by Gasteiger charge is -2.27. The Morgan fingerprint density at radius 1 is 1.26 bits per heavy atom. The predicted molar refractivity (Wildman–Crippen MR) is 87.4 cm³/mol. The van der Waals surface area contributed by atoms with Gasteiger partial charge in [0.25, 0.3) is 0 Å². The van der Waals surface area contributed by atoms with E-state index in [-0.39, 0.29) is 18.7 Å². The van der Waals surface area contributed by atoms with Crippen LogP contribution in [0.2, 0.25) is 0 Å². The molecule has 0 bridgehead atoms. The fraction of sp³-hybridized carbons (Fsp3) is 0.529. The van der Waals surface area contributed by atoms with Gasteiger partial charge in [0.2, 0.25) is 5.91 Å². The van der Waals surface area contributed by atoms with Crippen LogP contribution < -0.4 is 5.32 Å². The zero-order chi connectivity index (χ0) is 20.6. The number of hydrogen-bond donors (Lipinski definition) is 2. The van der Waals surface area contributed by atoms with Gasteiger partial charge < -0.3 is 15.2 Å². The van der Waals surface area contributed by atoms with Gasteiger partial charge >= 0.3 is 12.3 Å². The van der Waals surface area contributed by atoms with Gasteiger partial charge in [0.1, 0.15) is 17.5 Å². The highest BCUT2D eigenvalue weighted by Gasteiger charge is 2.41. The summed E-state index contributed by atoms with van der Waals surface area (Å²) in [5.74, 6) is -2.30. The summed E-state index contributed by atoms with van der Waals surface area (Å²) in [6.45, 7) is 4.78. The molecule has 27 heavy (non-hydrogen) atoms. The third kappa shape index (κ3) is 5.31. The van der Waals surface area contributed by atoms with Crippen molar-refractivity contribution in [2.45, 2.75) is 51.1 Å². The van der Waals surface area contributed by atoms with E-state index in [1.807, 2.05) is 0 Å². The number of halogens is 4. The van der Waals surface area contributed by atoms with Crippen LogP contribution in [0.5, 0.6) is 0 Å². The molecule has 2 rings (SSSR count). The largest absolute Gasteiger partial charge is 0.444 e. The van der Waals surface area contributed by atoms with Gasteiger partial charge in [0, 0.05) is 12.1 Å². The van der Waals surface area contributed by atoms with Crippen LogP contribution in [0.1, 0.15) is 32.8 Å². The maximum atomic E-state index is 13.6. The van der Waals surface area contributed by atoms with Crippen LogP contribution in [0.15, 0.2) is 18.2 Å². The lowest BCUT2D eigenvalue weighted by atomic mass is 10.1. The van der Waals surface area contributed by atoms with E-state index in [1.165, 1.54) is 0 Å². The van der Waals surface area contributed by atoms with Crippen molar-refractivity contribution in [3.63, 3.8) is 0 Å². The van der Waals surface area contributed by atoms with Crippen molar-refractivity contribution in [3.05, 3.63) is 29.6 Å². The first-order valence-electron chi connectivity index (χ1n) is 8.13. The highest BCUT2D eigenvalue weighted by Crippen LogP contribution is 2.32. The summed E-state index contributed by atoms with van der Waals surface area (Å²) in [7, 11) is 0. The van der Waals surface area contributed by atoms with Crippen molar-refractivity contribution in [2.24, 2.45) is 0 Å². The van der Waals surface area contributed by atoms with Gasteiger partial charge in [-0.3, -0.25) is 9.69 Å². The number of aliphatic hydroxyl groups is 1. The van der Waals surface area contributed by atoms with E-state index in [0.29, 0.717) is 12.1 Å². The first kappa shape index (κ1) is 20.9. The van der Waals surface area contributed by atoms with Gasteiger partial charge in [-0.05, 0) is 39.0 Å². The Bertz CT molecular complexity index is 731. The number of nitrogens with zero attached hydrogens (tertiary/aromatic N) is 1. The van der Waals surface area contributed by atoms with Crippen molar-refractivity contribution in [3.8, 4) is 0 Å². The average Bonchev–Trinajstić information content (AvgIpc) is 2.86. The fourth-order valence-electron chi connectivity index (χ4n) is 2.63. The molecule has 150 valence electrons. The van der Waals surface area contributed by atoms with E-state index in [1.54, 1.807) is 20.8 Å². The lowest BCUT2D eigenvalue weighted by Crippen LogP contribution is -2.45. The molecule has 0 spiro atoms. The smallest absolute Gasteiger partial charge is 0.419 e. The minimum absolute atomic E-state index is 0.0752. The van der Waals surface area contributed by atoms with E-state index in [4.69, 9.17) is 4.74 Å². The Kier molecular flexibility index (Phi) is 5.69. The minimum Gasteiger partial charge on any atom is -0.444 e. The standard InChI is InChI=1S/C17H20F4N2O4/c1-16(2,3)27-15(26)23-8-10(24)7-13(23)14(25)22-9-4-5-11(12(18)6-9)17(19,20)21/h4-6,10,13,24H,7-8H2,1-3H3,(H,22,25). The highest BCUT2D eigenvalue weighted by molar-refractivity contribution is 5.97. The molecule has 0 aromatic heterocycles. The number of carbonyl (C=O) groups excluding carboxylic acids is 2. The molecular weight excluding hydrogens is 372 g/mol. The van der Waals surface area contributed by atoms with Crippen molar-refractivity contribution >= 4 is 17.7 Å². The first-order valence-corrected chi connectivity index (χ1v) is 8.13. The third-order valence-corrected chi connectivity index (χ3v) is 3.75. The minimum atomic E-state index is -4.85. The fourth-order valence-corrected chi connectivity index (χ4v) is 2.63. The molecular formula is C17H20F4N2O4. The zero-order valence-electron chi connectivity index (χ0n) is 14.9. The quantitative estimate of drug-likeness (QED) is 0.758. The number of ether oxygens (including phenoxy) is 1. The summed E-state index contributed by atoms with van der Waals surface area (Å²) in [5.41, 5.74) is -2.47. The van der Waals surface area contributed by atoms with Crippen LogP contribution in [-0.4, -0.2) is 46.3 Å². The topological polar surface area (TPSA) is 78.9 Å². The molecule has 10 heteroatoms. The van der Waals surface area contributed by atoms with Gasteiger partial charge in [-0.15, -0.1) is 0 Å². The van der Waals surface area contributed by atoms with Crippen LogP contribution in [0.25, 0.3) is 0 Å². The van der Waals surface area contributed by atoms with Gasteiger partial charge in [-0.2, -0.15) is 13.2 Å². The molecule has 1 saturated heterocycles. The molecule has 1 aromatic carbocycles. The Balaban J connectivity index is 2.14. The number of β-amino-alcohol motifs (C(OH)–C–C–N with tert-alkyl or cyclic N) is 1. The summed E-state index contributed by atoms with van der Waals surface area (Å²) in [6.07, 6.45) is -6.69. The molecule has 1 heterocycles. The number of benzene rings is 1. The molecule has 0 radical (unpaired) electrons. The Hall–Kier alpha value is -2.36. The van der Waals surface area contributed by atoms with Crippen molar-refractivity contribution in [1.29, 1.82) is 0 Å². The summed E-state index contributed by atoms with van der Waals surface area (Å²) >= 11 is 0. The summed E-state index contributed by atoms with van der Waals surface area (Å²) < 4.78 is 56.6.